The van der Waals surface area contributed by atoms with Crippen LogP contribution in [0.5, 0.6) is 0 Å². The van der Waals surface area contributed by atoms with Gasteiger partial charge in [-0.15, -0.1) is 12.6 Å². The Kier molecular flexibility index (Phi) is 4.06. The molecule has 1 aromatic rings. The summed E-state index contributed by atoms with van der Waals surface area (Å²) in [5.74, 6) is 0. The van der Waals surface area contributed by atoms with Crippen molar-refractivity contribution in [3.8, 4) is 6.07 Å². The normalized spacial score (nSPS) is 11.1. The fourth-order valence-corrected chi connectivity index (χ4v) is 3.04. The zero-order valence-electron chi connectivity index (χ0n) is 7.24. The monoisotopic (exact) mass is 325 g/mol. The smallest absolute Gasteiger partial charge is 0.207 e. The minimum absolute atomic E-state index is 0.0807. The van der Waals surface area contributed by atoms with Gasteiger partial charge in [0.05, 0.1) is 10.5 Å². The Labute approximate surface area is 106 Å². The first kappa shape index (κ1) is 12.8. The van der Waals surface area contributed by atoms with Gasteiger partial charge in [0.25, 0.3) is 9.05 Å². The molecule has 0 saturated carbocycles. The zero-order valence-corrected chi connectivity index (χ0v) is 11.3. The van der Waals surface area contributed by atoms with Crippen LogP contribution in [-0.2, 0) is 14.4 Å². The molecule has 15 heavy (non-hydrogen) atoms. The molecular weight excluding hydrogens is 322 g/mol. The summed E-state index contributed by atoms with van der Waals surface area (Å²) in [7, 11) is 1.35. The van der Waals surface area contributed by atoms with Crippen molar-refractivity contribution < 1.29 is 8.42 Å². The first-order chi connectivity index (χ1) is 6.90. The summed E-state index contributed by atoms with van der Waals surface area (Å²) in [5, 5.41) is 9.22. The molecule has 0 aliphatic carbocycles. The van der Waals surface area contributed by atoms with E-state index in [0.29, 0.717) is 10.9 Å². The van der Waals surface area contributed by atoms with E-state index < -0.39 is 9.05 Å². The van der Waals surface area contributed by atoms with Crippen LogP contribution in [-0.4, -0.2) is 8.42 Å². The van der Waals surface area contributed by atoms with Gasteiger partial charge in [0.1, 0.15) is 6.07 Å². The maximum Gasteiger partial charge on any atom is 0.262 e. The number of hydrogen-bond donors (Lipinski definition) is 1. The van der Waals surface area contributed by atoms with E-state index in [9.17, 15) is 8.42 Å². The van der Waals surface area contributed by atoms with Crippen molar-refractivity contribution in [3.05, 3.63) is 23.3 Å². The summed E-state index contributed by atoms with van der Waals surface area (Å²) in [5.41, 5.74) is 0.845. The number of hydrogen-bond acceptors (Lipinski definition) is 4. The molecule has 0 unspecified atom stereocenters. The molecule has 0 radical (unpaired) electrons. The van der Waals surface area contributed by atoms with Crippen LogP contribution >= 0.6 is 39.2 Å². The molecule has 0 N–H and O–H groups in total. The van der Waals surface area contributed by atoms with E-state index in [2.05, 4.69) is 28.6 Å². The fourth-order valence-electron chi connectivity index (χ4n) is 1.01. The third-order valence-electron chi connectivity index (χ3n) is 1.67. The number of nitrogens with zero attached hydrogens (tertiary/aromatic N) is 1. The first-order valence-corrected chi connectivity index (χ1v) is 7.54. The molecule has 1 aromatic carbocycles. The molecule has 0 aliphatic heterocycles. The lowest BCUT2D eigenvalue weighted by atomic mass is 10.1. The minimum Gasteiger partial charge on any atom is -0.207 e. The largest absolute Gasteiger partial charge is 0.262 e. The molecule has 0 bridgehead atoms. The van der Waals surface area contributed by atoms with E-state index in [0.717, 1.165) is 0 Å². The summed E-state index contributed by atoms with van der Waals surface area (Å²) in [6.45, 7) is 0. The highest BCUT2D eigenvalue weighted by Crippen LogP contribution is 2.28. The first-order valence-electron chi connectivity index (χ1n) is 3.66. The summed E-state index contributed by atoms with van der Waals surface area (Å²) in [6.07, 6.45) is 0. The highest BCUT2D eigenvalue weighted by molar-refractivity contribution is 9.08. The Bertz CT molecular complexity index is 536. The Morgan fingerprint density at radius 2 is 2.13 bits per heavy atom. The predicted molar refractivity (Wildman–Crippen MR) is 64.1 cm³/mol. The quantitative estimate of drug-likeness (QED) is 0.516. The molecule has 0 atom stereocenters. The van der Waals surface area contributed by atoms with Crippen molar-refractivity contribution >= 4 is 48.3 Å². The highest BCUT2D eigenvalue weighted by atomic mass is 79.9. The van der Waals surface area contributed by atoms with E-state index in [1.807, 2.05) is 6.07 Å². The van der Waals surface area contributed by atoms with Crippen LogP contribution in [0.4, 0.5) is 0 Å². The van der Waals surface area contributed by atoms with Crippen LogP contribution in [0.15, 0.2) is 21.9 Å². The third kappa shape index (κ3) is 2.88. The molecule has 0 saturated heterocycles. The van der Waals surface area contributed by atoms with Crippen molar-refractivity contribution in [2.45, 2.75) is 15.1 Å². The van der Waals surface area contributed by atoms with Gasteiger partial charge >= 0.3 is 0 Å². The SMILES string of the molecule is N#Cc1cc(CBr)cc(S(=O)(=O)Cl)c1S. The van der Waals surface area contributed by atoms with Crippen molar-refractivity contribution in [2.24, 2.45) is 0 Å². The molecule has 0 aromatic heterocycles. The highest BCUT2D eigenvalue weighted by Gasteiger charge is 2.17. The molecule has 1 rings (SSSR count). The molecule has 0 aliphatic rings. The van der Waals surface area contributed by atoms with Crippen molar-refractivity contribution in [3.63, 3.8) is 0 Å². The van der Waals surface area contributed by atoms with Crippen molar-refractivity contribution in [1.82, 2.24) is 0 Å². The maximum atomic E-state index is 11.2. The number of nitriles is 1. The topological polar surface area (TPSA) is 57.9 Å². The van der Waals surface area contributed by atoms with Gasteiger partial charge in [-0.1, -0.05) is 15.9 Å². The van der Waals surface area contributed by atoms with Crippen molar-refractivity contribution in [2.75, 3.05) is 0 Å². The zero-order chi connectivity index (χ0) is 11.6. The fraction of sp³-hybridized carbons (Fsp3) is 0.125. The second kappa shape index (κ2) is 4.74. The summed E-state index contributed by atoms with van der Waals surface area (Å²) in [6, 6.07) is 4.81. The number of thiol groups is 1. The van der Waals surface area contributed by atoms with Gasteiger partial charge in [-0.25, -0.2) is 8.42 Å². The van der Waals surface area contributed by atoms with Gasteiger partial charge in [0.2, 0.25) is 0 Å². The Morgan fingerprint density at radius 3 is 2.53 bits per heavy atom. The van der Waals surface area contributed by atoms with Gasteiger partial charge in [0, 0.05) is 20.9 Å². The van der Waals surface area contributed by atoms with E-state index in [4.69, 9.17) is 15.9 Å². The second-order valence-corrected chi connectivity index (χ2v) is 6.22. The average Bonchev–Trinajstić information content (AvgIpc) is 2.16. The standard InChI is InChI=1S/C8H5BrClNO2S2/c9-3-5-1-6(4-11)8(14)7(2-5)15(10,12)13/h1-2,14H,3H2. The predicted octanol–water partition coefficient (Wildman–Crippen LogP) is 2.67. The number of benzene rings is 1. The van der Waals surface area contributed by atoms with Crippen LogP contribution < -0.4 is 0 Å². The third-order valence-corrected chi connectivity index (χ3v) is 4.30. The molecule has 0 fully saturated rings. The maximum absolute atomic E-state index is 11.2. The molecule has 0 amide bonds. The van der Waals surface area contributed by atoms with E-state index >= 15 is 0 Å². The lowest BCUT2D eigenvalue weighted by Gasteiger charge is -2.05. The Hall–Kier alpha value is -0.220. The van der Waals surface area contributed by atoms with Crippen LogP contribution in [0, 0.1) is 11.3 Å². The van der Waals surface area contributed by atoms with Crippen LogP contribution in [0.2, 0.25) is 0 Å². The second-order valence-electron chi connectivity index (χ2n) is 2.67. The van der Waals surface area contributed by atoms with E-state index in [1.165, 1.54) is 6.07 Å². The van der Waals surface area contributed by atoms with Crippen LogP contribution in [0.1, 0.15) is 11.1 Å². The lowest BCUT2D eigenvalue weighted by Crippen LogP contribution is -1.97. The van der Waals surface area contributed by atoms with Gasteiger partial charge < -0.3 is 0 Å². The van der Waals surface area contributed by atoms with Gasteiger partial charge in [-0.05, 0) is 17.7 Å². The Morgan fingerprint density at radius 1 is 1.53 bits per heavy atom. The minimum atomic E-state index is -3.87. The summed E-state index contributed by atoms with van der Waals surface area (Å²) >= 11 is 7.14. The molecule has 0 spiro atoms. The van der Waals surface area contributed by atoms with E-state index in [-0.39, 0.29) is 15.4 Å². The molecule has 3 nitrogen and oxygen atoms in total. The Balaban J connectivity index is 3.61. The molecule has 0 heterocycles. The van der Waals surface area contributed by atoms with Crippen molar-refractivity contribution in [1.29, 1.82) is 5.26 Å². The molecular formula is C8H5BrClNO2S2. The van der Waals surface area contributed by atoms with Gasteiger partial charge in [-0.2, -0.15) is 5.26 Å². The summed E-state index contributed by atoms with van der Waals surface area (Å²) in [4.78, 5) is -0.0572. The average molecular weight is 327 g/mol. The number of rotatable bonds is 2. The van der Waals surface area contributed by atoms with Crippen LogP contribution in [0.3, 0.4) is 0 Å². The van der Waals surface area contributed by atoms with Crippen LogP contribution in [0.25, 0.3) is 0 Å². The van der Waals surface area contributed by atoms with Gasteiger partial charge in [-0.3, -0.25) is 0 Å². The number of halogens is 2. The molecule has 80 valence electrons. The van der Waals surface area contributed by atoms with Gasteiger partial charge in [0.15, 0.2) is 0 Å². The lowest BCUT2D eigenvalue weighted by molar-refractivity contribution is 0.607. The summed E-state index contributed by atoms with van der Waals surface area (Å²) < 4.78 is 22.4. The van der Waals surface area contributed by atoms with E-state index in [1.54, 1.807) is 6.07 Å². The molecule has 7 heteroatoms. The number of alkyl halides is 1.